The molecule has 0 atom stereocenters. The number of anilines is 1. The molecule has 1 aromatic heterocycles. The maximum absolute atomic E-state index is 13.2. The van der Waals surface area contributed by atoms with Gasteiger partial charge >= 0.3 is 18.2 Å². The van der Waals surface area contributed by atoms with Crippen molar-refractivity contribution in [1.29, 1.82) is 0 Å². The van der Waals surface area contributed by atoms with Crippen LogP contribution in [0, 0.1) is 6.92 Å². The Kier molecular flexibility index (Phi) is 4.00. The zero-order valence-electron chi connectivity index (χ0n) is 11.4. The van der Waals surface area contributed by atoms with Crippen molar-refractivity contribution in [2.24, 2.45) is 0 Å². The molecule has 0 saturated heterocycles. The molecule has 0 unspecified atom stereocenters. The Morgan fingerprint density at radius 3 is 2.27 bits per heavy atom. The average molecular weight is 328 g/mol. The molecule has 22 heavy (non-hydrogen) atoms. The van der Waals surface area contributed by atoms with E-state index in [9.17, 15) is 26.7 Å². The van der Waals surface area contributed by atoms with E-state index in [1.54, 1.807) is 5.32 Å². The van der Waals surface area contributed by atoms with Crippen molar-refractivity contribution < 1.29 is 31.3 Å². The zero-order valence-corrected chi connectivity index (χ0v) is 11.4. The smallest absolute Gasteiger partial charge is 0.323 e. The maximum atomic E-state index is 13.2. The molecule has 124 valence electrons. The first-order valence-electron chi connectivity index (χ1n) is 6.37. The van der Waals surface area contributed by atoms with Gasteiger partial charge in [0.05, 0.1) is 0 Å². The van der Waals surface area contributed by atoms with Gasteiger partial charge < -0.3 is 9.84 Å². The Morgan fingerprint density at radius 1 is 1.23 bits per heavy atom. The monoisotopic (exact) mass is 328 g/mol. The Balaban J connectivity index is 2.09. The molecule has 0 radical (unpaired) electrons. The first kappa shape index (κ1) is 16.4. The normalized spacial score (nSPS) is 20.5. The van der Waals surface area contributed by atoms with Gasteiger partial charge in [0.1, 0.15) is 5.54 Å². The largest absolute Gasteiger partial charge is 0.411 e. The van der Waals surface area contributed by atoms with Gasteiger partial charge in [-0.05, 0) is 19.8 Å². The summed E-state index contributed by atoms with van der Waals surface area (Å²) in [5.74, 6) is -2.98. The molecular formula is C11H13F5N4O2. The molecule has 1 aliphatic carbocycles. The van der Waals surface area contributed by atoms with E-state index in [0.717, 1.165) is 0 Å². The fraction of sp³-hybridized carbons (Fsp3) is 0.727. The van der Waals surface area contributed by atoms with Gasteiger partial charge in [0, 0.05) is 12.8 Å². The van der Waals surface area contributed by atoms with Crippen molar-refractivity contribution in [1.82, 2.24) is 15.5 Å². The van der Waals surface area contributed by atoms with Crippen LogP contribution in [0.4, 0.5) is 32.8 Å². The minimum absolute atomic E-state index is 0.179. The molecule has 2 rings (SSSR count). The van der Waals surface area contributed by atoms with Gasteiger partial charge in [-0.3, -0.25) is 5.32 Å². The molecule has 1 saturated carbocycles. The van der Waals surface area contributed by atoms with Crippen molar-refractivity contribution in [2.75, 3.05) is 5.32 Å². The summed E-state index contributed by atoms with van der Waals surface area (Å²) in [6, 6.07) is -1.63. The van der Waals surface area contributed by atoms with E-state index in [4.69, 9.17) is 0 Å². The van der Waals surface area contributed by atoms with Crippen LogP contribution < -0.4 is 10.6 Å². The molecule has 6 nitrogen and oxygen atoms in total. The maximum Gasteiger partial charge on any atom is 0.411 e. The van der Waals surface area contributed by atoms with Crippen LogP contribution in [0.1, 0.15) is 31.5 Å². The van der Waals surface area contributed by atoms with Crippen molar-refractivity contribution in [3.05, 3.63) is 5.82 Å². The molecule has 0 aromatic carbocycles. The van der Waals surface area contributed by atoms with Crippen LogP contribution in [-0.2, 0) is 0 Å². The fourth-order valence-corrected chi connectivity index (χ4v) is 2.22. The van der Waals surface area contributed by atoms with Crippen LogP contribution in [0.2, 0.25) is 0 Å². The number of carbonyl (C=O) groups excluding carboxylic acids is 1. The average Bonchev–Trinajstić information content (AvgIpc) is 2.76. The quantitative estimate of drug-likeness (QED) is 0.818. The summed E-state index contributed by atoms with van der Waals surface area (Å²) in [6.07, 6.45) is -8.57. The van der Waals surface area contributed by atoms with Gasteiger partial charge in [-0.2, -0.15) is 18.2 Å². The number of aryl methyl sites for hydroxylation is 1. The van der Waals surface area contributed by atoms with E-state index >= 15 is 0 Å². The lowest BCUT2D eigenvalue weighted by Crippen LogP contribution is -2.62. The number of carbonyl (C=O) groups is 1. The molecule has 1 aliphatic rings. The third kappa shape index (κ3) is 3.45. The molecule has 0 spiro atoms. The van der Waals surface area contributed by atoms with Gasteiger partial charge in [-0.15, -0.1) is 0 Å². The van der Waals surface area contributed by atoms with Gasteiger partial charge in [0.2, 0.25) is 5.92 Å². The molecule has 1 fully saturated rings. The molecular weight excluding hydrogens is 315 g/mol. The second-order valence-corrected chi connectivity index (χ2v) is 5.16. The number of amides is 2. The van der Waals surface area contributed by atoms with Crippen LogP contribution in [-0.4, -0.2) is 33.8 Å². The Labute approximate surface area is 121 Å². The number of rotatable bonds is 2. The highest BCUT2D eigenvalue weighted by atomic mass is 19.4. The van der Waals surface area contributed by atoms with Gasteiger partial charge in [0.25, 0.3) is 0 Å². The van der Waals surface area contributed by atoms with Gasteiger partial charge in [0.15, 0.2) is 5.82 Å². The van der Waals surface area contributed by atoms with Crippen molar-refractivity contribution >= 4 is 12.0 Å². The fourth-order valence-electron chi connectivity index (χ4n) is 2.22. The van der Waals surface area contributed by atoms with Crippen molar-refractivity contribution in [3.63, 3.8) is 0 Å². The lowest BCUT2D eigenvalue weighted by atomic mass is 9.79. The lowest BCUT2D eigenvalue weighted by Gasteiger charge is -2.41. The molecule has 1 heterocycles. The predicted octanol–water partition coefficient (Wildman–Crippen LogP) is 3.01. The number of hydrogen-bond donors (Lipinski definition) is 2. The van der Waals surface area contributed by atoms with Gasteiger partial charge in [-0.25, -0.2) is 13.6 Å². The number of nitrogens with one attached hydrogen (secondary N) is 2. The molecule has 2 N–H and O–H groups in total. The van der Waals surface area contributed by atoms with E-state index in [1.807, 2.05) is 5.32 Å². The number of alkyl halides is 5. The Bertz CT molecular complexity index is 547. The zero-order chi connectivity index (χ0) is 16.6. The van der Waals surface area contributed by atoms with Crippen LogP contribution in [0.25, 0.3) is 0 Å². The van der Waals surface area contributed by atoms with E-state index < -0.39 is 49.4 Å². The first-order valence-corrected chi connectivity index (χ1v) is 6.37. The topological polar surface area (TPSA) is 80.0 Å². The Morgan fingerprint density at radius 2 is 1.82 bits per heavy atom. The highest BCUT2D eigenvalue weighted by molar-refractivity contribution is 5.87. The number of urea groups is 1. The highest BCUT2D eigenvalue weighted by Gasteiger charge is 2.59. The van der Waals surface area contributed by atoms with Crippen molar-refractivity contribution in [3.8, 4) is 0 Å². The molecule has 1 aromatic rings. The Hall–Kier alpha value is -1.94. The van der Waals surface area contributed by atoms with E-state index in [0.29, 0.717) is 0 Å². The van der Waals surface area contributed by atoms with Gasteiger partial charge in [-0.1, -0.05) is 5.16 Å². The third-order valence-corrected chi connectivity index (χ3v) is 3.48. The third-order valence-electron chi connectivity index (χ3n) is 3.48. The number of hydrogen-bond acceptors (Lipinski definition) is 4. The summed E-state index contributed by atoms with van der Waals surface area (Å²) in [4.78, 5) is 15.3. The van der Waals surface area contributed by atoms with Crippen LogP contribution in [0.5, 0.6) is 0 Å². The van der Waals surface area contributed by atoms with E-state index in [2.05, 4.69) is 14.7 Å². The summed E-state index contributed by atoms with van der Waals surface area (Å²) >= 11 is 0. The van der Waals surface area contributed by atoms with E-state index in [1.165, 1.54) is 6.92 Å². The minimum atomic E-state index is -4.86. The van der Waals surface area contributed by atoms with Crippen LogP contribution >= 0.6 is 0 Å². The summed E-state index contributed by atoms with van der Waals surface area (Å²) in [5.41, 5.74) is -2.70. The summed E-state index contributed by atoms with van der Waals surface area (Å²) < 4.78 is 70.4. The summed E-state index contributed by atoms with van der Waals surface area (Å²) in [5, 5.41) is 7.03. The summed E-state index contributed by atoms with van der Waals surface area (Å²) in [7, 11) is 0. The molecule has 11 heteroatoms. The second kappa shape index (κ2) is 5.36. The van der Waals surface area contributed by atoms with Crippen molar-refractivity contribution in [2.45, 2.75) is 50.2 Å². The molecule has 2 amide bonds. The lowest BCUT2D eigenvalue weighted by molar-refractivity contribution is -0.215. The standard InChI is InChI=1S/C11H13F5N4O2/c1-6-17-8(22-20-6)18-7(21)19-9(11(14,15)16)2-4-10(12,13)5-3-9/h2-5H2,1H3,(H2,17,18,19,20,21). The summed E-state index contributed by atoms with van der Waals surface area (Å²) in [6.45, 7) is 1.45. The molecule has 0 aliphatic heterocycles. The molecule has 0 bridgehead atoms. The number of aromatic nitrogens is 2. The highest BCUT2D eigenvalue weighted by Crippen LogP contribution is 2.46. The number of nitrogens with zero attached hydrogens (tertiary/aromatic N) is 2. The SMILES string of the molecule is Cc1noc(NC(=O)NC2(C(F)(F)F)CCC(F)(F)CC2)n1. The van der Waals surface area contributed by atoms with Crippen LogP contribution in [0.3, 0.4) is 0 Å². The predicted molar refractivity (Wildman–Crippen MR) is 63.4 cm³/mol. The van der Waals surface area contributed by atoms with E-state index in [-0.39, 0.29) is 11.8 Å². The number of halogens is 5. The van der Waals surface area contributed by atoms with Crippen LogP contribution in [0.15, 0.2) is 4.52 Å². The minimum Gasteiger partial charge on any atom is -0.323 e. The first-order chi connectivity index (χ1) is 10.0. The second-order valence-electron chi connectivity index (χ2n) is 5.16.